The molecule has 2 fully saturated rings. The Hall–Kier alpha value is -3.06. The number of nitrogens with zero attached hydrogens (tertiary/aromatic N) is 3. The van der Waals surface area contributed by atoms with Gasteiger partial charge in [-0.2, -0.15) is 4.99 Å². The molecule has 0 aliphatic carbocycles. The van der Waals surface area contributed by atoms with Crippen molar-refractivity contribution < 1.29 is 23.4 Å². The summed E-state index contributed by atoms with van der Waals surface area (Å²) in [5, 5.41) is 24.8. The van der Waals surface area contributed by atoms with Gasteiger partial charge in [0.2, 0.25) is 10.0 Å². The Kier molecular flexibility index (Phi) is 9.22. The predicted octanol–water partition coefficient (Wildman–Crippen LogP) is 3.51. The van der Waals surface area contributed by atoms with Crippen LogP contribution in [-0.4, -0.2) is 79.6 Å². The van der Waals surface area contributed by atoms with Crippen LogP contribution in [0.5, 0.6) is 5.75 Å². The molecule has 2 aromatic rings. The van der Waals surface area contributed by atoms with Gasteiger partial charge in [-0.3, -0.25) is 9.52 Å². The lowest BCUT2D eigenvalue weighted by Gasteiger charge is -2.34. The smallest absolute Gasteiger partial charge is 0.286 e. The third-order valence-corrected chi connectivity index (χ3v) is 9.22. The highest BCUT2D eigenvalue weighted by Crippen LogP contribution is 2.32. The Labute approximate surface area is 245 Å². The van der Waals surface area contributed by atoms with Gasteiger partial charge in [-0.25, -0.2) is 8.42 Å². The van der Waals surface area contributed by atoms with Crippen molar-refractivity contribution in [2.24, 2.45) is 4.99 Å². The standard InChI is InChI=1S/C29H37N5O5S2/c1-41(38,39)32-24-18-21(7-10-25(24)35)26(36)19-30-22-11-15-33(16-12-22)23-8-5-20(6-9-23)17-27-28(37)31-29(40-27)34-13-3-2-4-14-34/h5-10,17-18,22,26,30,32,35-36H,2-4,11-16,19H2,1H3/b27-17+/t26-/m0/s1. The Morgan fingerprint density at radius 1 is 1.05 bits per heavy atom. The van der Waals surface area contributed by atoms with Gasteiger partial charge in [0.25, 0.3) is 5.91 Å². The number of phenols is 1. The maximum absolute atomic E-state index is 12.5. The maximum Gasteiger partial charge on any atom is 0.286 e. The van der Waals surface area contributed by atoms with Gasteiger partial charge in [-0.1, -0.05) is 18.2 Å². The second kappa shape index (κ2) is 12.8. The van der Waals surface area contributed by atoms with Crippen LogP contribution in [0.1, 0.15) is 49.3 Å². The van der Waals surface area contributed by atoms with Crippen LogP contribution in [0.4, 0.5) is 11.4 Å². The van der Waals surface area contributed by atoms with Crippen molar-refractivity contribution in [3.8, 4) is 5.75 Å². The third kappa shape index (κ3) is 7.82. The van der Waals surface area contributed by atoms with Crippen LogP contribution in [0.3, 0.4) is 0 Å². The van der Waals surface area contributed by atoms with Crippen molar-refractivity contribution in [1.82, 2.24) is 10.2 Å². The van der Waals surface area contributed by atoms with Gasteiger partial charge >= 0.3 is 0 Å². The highest BCUT2D eigenvalue weighted by Gasteiger charge is 2.27. The van der Waals surface area contributed by atoms with E-state index in [0.29, 0.717) is 17.0 Å². The molecule has 220 valence electrons. The number of amides is 1. The fourth-order valence-electron chi connectivity index (χ4n) is 5.33. The molecule has 2 saturated heterocycles. The summed E-state index contributed by atoms with van der Waals surface area (Å²) in [6.45, 7) is 4.00. The van der Waals surface area contributed by atoms with Gasteiger partial charge in [0.05, 0.1) is 23.0 Å². The number of piperidine rings is 2. The zero-order chi connectivity index (χ0) is 29.0. The number of aromatic hydroxyl groups is 1. The summed E-state index contributed by atoms with van der Waals surface area (Å²) in [6.07, 6.45) is 7.45. The third-order valence-electron chi connectivity index (χ3n) is 7.59. The number of phenolic OH excluding ortho intramolecular Hbond substituents is 1. The number of aliphatic hydroxyl groups is 1. The Bertz CT molecular complexity index is 1410. The molecule has 0 spiro atoms. The second-order valence-electron chi connectivity index (χ2n) is 10.8. The minimum absolute atomic E-state index is 0.0451. The number of hydrogen-bond donors (Lipinski definition) is 4. The molecule has 4 N–H and O–H groups in total. The molecular weight excluding hydrogens is 562 g/mol. The first-order valence-electron chi connectivity index (χ1n) is 14.0. The van der Waals surface area contributed by atoms with Gasteiger partial charge < -0.3 is 25.3 Å². The first-order valence-corrected chi connectivity index (χ1v) is 16.7. The average molecular weight is 600 g/mol. The molecule has 0 aromatic heterocycles. The number of rotatable bonds is 8. The van der Waals surface area contributed by atoms with Crippen LogP contribution < -0.4 is 14.9 Å². The van der Waals surface area contributed by atoms with E-state index >= 15 is 0 Å². The normalized spacial score (nSPS) is 20.4. The van der Waals surface area contributed by atoms with Crippen LogP contribution in [0.2, 0.25) is 0 Å². The molecule has 1 atom stereocenters. The number of sulfonamides is 1. The lowest BCUT2D eigenvalue weighted by Crippen LogP contribution is -2.43. The summed E-state index contributed by atoms with van der Waals surface area (Å²) < 4.78 is 25.3. The summed E-state index contributed by atoms with van der Waals surface area (Å²) in [7, 11) is -3.55. The van der Waals surface area contributed by atoms with E-state index in [-0.39, 0.29) is 23.4 Å². The van der Waals surface area contributed by atoms with Gasteiger partial charge in [0.1, 0.15) is 5.75 Å². The SMILES string of the molecule is CS(=O)(=O)Nc1cc([C@@H](O)CNC2CCN(c3ccc(/C=C4/SC(N5CCCCC5)=NC4=O)cc3)CC2)ccc1O. The number of hydrogen-bond acceptors (Lipinski definition) is 9. The highest BCUT2D eigenvalue weighted by atomic mass is 32.2. The van der Waals surface area contributed by atoms with Crippen molar-refractivity contribution >= 4 is 50.3 Å². The summed E-state index contributed by atoms with van der Waals surface area (Å²) >= 11 is 1.47. The van der Waals surface area contributed by atoms with Crippen molar-refractivity contribution in [3.05, 3.63) is 58.5 Å². The minimum Gasteiger partial charge on any atom is -0.506 e. The summed E-state index contributed by atoms with van der Waals surface area (Å²) in [4.78, 5) is 22.0. The van der Waals surface area contributed by atoms with Crippen molar-refractivity contribution in [2.45, 2.75) is 44.2 Å². The first-order chi connectivity index (χ1) is 19.6. The van der Waals surface area contributed by atoms with Crippen molar-refractivity contribution in [3.63, 3.8) is 0 Å². The lowest BCUT2D eigenvalue weighted by atomic mass is 10.0. The zero-order valence-corrected chi connectivity index (χ0v) is 24.8. The highest BCUT2D eigenvalue weighted by molar-refractivity contribution is 8.18. The van der Waals surface area contributed by atoms with Crippen LogP contribution in [0, 0.1) is 0 Å². The van der Waals surface area contributed by atoms with E-state index in [0.717, 1.165) is 74.5 Å². The molecule has 2 aromatic carbocycles. The second-order valence-corrected chi connectivity index (χ2v) is 13.5. The van der Waals surface area contributed by atoms with E-state index in [9.17, 15) is 23.4 Å². The Balaban J connectivity index is 1.09. The number of carbonyl (C=O) groups excluding carboxylic acids is 1. The van der Waals surface area contributed by atoms with Crippen LogP contribution in [0.15, 0.2) is 52.4 Å². The maximum atomic E-state index is 12.5. The van der Waals surface area contributed by atoms with Crippen molar-refractivity contribution in [2.75, 3.05) is 48.6 Å². The fraction of sp³-hybridized carbons (Fsp3) is 0.448. The number of benzene rings is 2. The number of thioether (sulfide) groups is 1. The van der Waals surface area contributed by atoms with Gasteiger partial charge in [-0.15, -0.1) is 0 Å². The molecule has 41 heavy (non-hydrogen) atoms. The van der Waals surface area contributed by atoms with E-state index in [1.54, 1.807) is 6.07 Å². The molecular formula is C29H37N5O5S2. The molecule has 3 aliphatic heterocycles. The largest absolute Gasteiger partial charge is 0.506 e. The molecule has 3 aliphatic rings. The zero-order valence-electron chi connectivity index (χ0n) is 23.1. The molecule has 0 radical (unpaired) electrons. The Morgan fingerprint density at radius 2 is 1.76 bits per heavy atom. The number of aliphatic hydroxyl groups excluding tert-OH is 1. The van der Waals surface area contributed by atoms with Crippen LogP contribution >= 0.6 is 11.8 Å². The summed E-state index contributed by atoms with van der Waals surface area (Å²) in [5.41, 5.74) is 2.68. The fourth-order valence-corrected chi connectivity index (χ4v) is 6.86. The molecule has 0 saturated carbocycles. The average Bonchev–Trinajstić information content (AvgIpc) is 3.33. The van der Waals surface area contributed by atoms with E-state index < -0.39 is 16.1 Å². The van der Waals surface area contributed by atoms with E-state index in [4.69, 9.17) is 0 Å². The number of likely N-dealkylation sites (tertiary alicyclic amines) is 1. The molecule has 5 rings (SSSR count). The molecule has 12 heteroatoms. The number of nitrogens with one attached hydrogen (secondary N) is 2. The molecule has 3 heterocycles. The molecule has 0 unspecified atom stereocenters. The Morgan fingerprint density at radius 3 is 2.44 bits per heavy atom. The minimum atomic E-state index is -3.55. The van der Waals surface area contributed by atoms with Gasteiger partial charge in [0, 0.05) is 44.5 Å². The van der Waals surface area contributed by atoms with Crippen LogP contribution in [0.25, 0.3) is 6.08 Å². The molecule has 10 nitrogen and oxygen atoms in total. The summed E-state index contributed by atoms with van der Waals surface area (Å²) in [5.74, 6) is -0.353. The quantitative estimate of drug-likeness (QED) is 0.266. The number of anilines is 2. The van der Waals surface area contributed by atoms with Gasteiger partial charge in [0.15, 0.2) is 5.17 Å². The van der Waals surface area contributed by atoms with E-state index in [2.05, 4.69) is 37.0 Å². The molecule has 0 bridgehead atoms. The number of aliphatic imine (C=N–C) groups is 1. The summed E-state index contributed by atoms with van der Waals surface area (Å²) in [6, 6.07) is 12.9. The monoisotopic (exact) mass is 599 g/mol. The topological polar surface area (TPSA) is 135 Å². The number of carbonyl (C=O) groups is 1. The first kappa shape index (κ1) is 29.4. The van der Waals surface area contributed by atoms with Crippen molar-refractivity contribution in [1.29, 1.82) is 0 Å². The van der Waals surface area contributed by atoms with Crippen LogP contribution in [-0.2, 0) is 14.8 Å². The van der Waals surface area contributed by atoms with E-state index in [1.165, 1.54) is 30.3 Å². The van der Waals surface area contributed by atoms with Gasteiger partial charge in [-0.05, 0) is 85.3 Å². The lowest BCUT2D eigenvalue weighted by molar-refractivity contribution is -0.113. The van der Waals surface area contributed by atoms with E-state index in [1.807, 2.05) is 18.2 Å². The predicted molar refractivity (Wildman–Crippen MR) is 165 cm³/mol. The number of amidine groups is 1. The molecule has 1 amide bonds.